The van der Waals surface area contributed by atoms with Crippen molar-refractivity contribution in [3.8, 4) is 5.75 Å². The number of carbonyl (C=O) groups is 1. The van der Waals surface area contributed by atoms with Crippen LogP contribution >= 0.6 is 0 Å². The van der Waals surface area contributed by atoms with Gasteiger partial charge < -0.3 is 19.9 Å². The summed E-state index contributed by atoms with van der Waals surface area (Å²) in [6, 6.07) is 6.62. The average Bonchev–Trinajstić information content (AvgIpc) is 3.23. The van der Waals surface area contributed by atoms with Gasteiger partial charge in [0.25, 0.3) is 5.91 Å². The molecule has 0 aliphatic carbocycles. The Hall–Kier alpha value is -2.38. The summed E-state index contributed by atoms with van der Waals surface area (Å²) < 4.78 is 7.41. The van der Waals surface area contributed by atoms with Crippen molar-refractivity contribution in [2.75, 3.05) is 44.6 Å². The Labute approximate surface area is 166 Å². The number of ether oxygens (including phenoxy) is 1. The number of anilines is 1. The molecule has 4 rings (SSSR count). The van der Waals surface area contributed by atoms with Gasteiger partial charge in [-0.3, -0.25) is 9.48 Å². The molecule has 7 nitrogen and oxygen atoms in total. The van der Waals surface area contributed by atoms with Crippen molar-refractivity contribution in [2.45, 2.75) is 26.8 Å². The number of aryl methyl sites for hydroxylation is 2. The molecule has 1 aromatic heterocycles. The first-order valence-corrected chi connectivity index (χ1v) is 10.2. The van der Waals surface area contributed by atoms with Crippen molar-refractivity contribution in [2.24, 2.45) is 7.05 Å². The van der Waals surface area contributed by atoms with E-state index < -0.39 is 0 Å². The van der Waals surface area contributed by atoms with Crippen molar-refractivity contribution >= 4 is 11.6 Å². The zero-order valence-electron chi connectivity index (χ0n) is 17.1. The predicted molar refractivity (Wildman–Crippen MR) is 107 cm³/mol. The second-order valence-corrected chi connectivity index (χ2v) is 8.11. The first kappa shape index (κ1) is 19.0. The van der Waals surface area contributed by atoms with Gasteiger partial charge in [0.15, 0.2) is 6.54 Å². The molecule has 3 heterocycles. The van der Waals surface area contributed by atoms with Crippen LogP contribution in [0.3, 0.4) is 0 Å². The number of nitrogens with one attached hydrogen (secondary N) is 3. The molecule has 1 fully saturated rings. The summed E-state index contributed by atoms with van der Waals surface area (Å²) in [4.78, 5) is 15.5. The third-order valence-corrected chi connectivity index (χ3v) is 6.06. The maximum absolute atomic E-state index is 12.5. The first-order valence-electron chi connectivity index (χ1n) is 10.2. The van der Waals surface area contributed by atoms with Crippen molar-refractivity contribution in [3.05, 3.63) is 40.7 Å². The molecule has 0 spiro atoms. The number of quaternary nitrogens is 2. The smallest absolute Gasteiger partial charge is 0.279 e. The minimum absolute atomic E-state index is 0.0799. The van der Waals surface area contributed by atoms with E-state index in [9.17, 15) is 4.79 Å². The van der Waals surface area contributed by atoms with Crippen molar-refractivity contribution in [3.63, 3.8) is 0 Å². The Balaban J connectivity index is 1.25. The second kappa shape index (κ2) is 7.93. The first-order chi connectivity index (χ1) is 13.5. The molecule has 0 atom stereocenters. The number of nitrogens with zero attached hydrogens (tertiary/aromatic N) is 2. The van der Waals surface area contributed by atoms with E-state index in [1.807, 2.05) is 25.6 Å². The van der Waals surface area contributed by atoms with Crippen LogP contribution in [-0.4, -0.2) is 55.0 Å². The van der Waals surface area contributed by atoms with E-state index >= 15 is 0 Å². The summed E-state index contributed by atoms with van der Waals surface area (Å²) >= 11 is 0. The molecular formula is C21H31N5O2+2. The number of hydrogen-bond donors (Lipinski definition) is 3. The summed E-state index contributed by atoms with van der Waals surface area (Å²) in [5.41, 5.74) is 5.46. The van der Waals surface area contributed by atoms with Gasteiger partial charge in [0, 0.05) is 19.0 Å². The van der Waals surface area contributed by atoms with E-state index in [-0.39, 0.29) is 5.91 Å². The fourth-order valence-electron chi connectivity index (χ4n) is 4.31. The fraction of sp³-hybridized carbons (Fsp3) is 0.524. The molecule has 1 aromatic carbocycles. The molecule has 28 heavy (non-hydrogen) atoms. The third-order valence-electron chi connectivity index (χ3n) is 6.06. The molecule has 0 radical (unpaired) electrons. The van der Waals surface area contributed by atoms with Crippen LogP contribution in [0.1, 0.15) is 22.5 Å². The van der Waals surface area contributed by atoms with Gasteiger partial charge in [-0.15, -0.1) is 0 Å². The monoisotopic (exact) mass is 385 g/mol. The second-order valence-electron chi connectivity index (χ2n) is 8.11. The highest BCUT2D eigenvalue weighted by atomic mass is 16.5. The standard InChI is InChI=1S/C21H29N5O2/c1-15-21(16(2)24(3)23-15)22-20(27)14-26-9-7-25(8-10-26)13-17-4-5-19-18(12-17)6-11-28-19/h4-5,12H,6-11,13-14H2,1-3H3,(H,22,27)/p+2. The molecule has 1 saturated heterocycles. The number of hydrogen-bond acceptors (Lipinski definition) is 3. The minimum atomic E-state index is 0.0799. The summed E-state index contributed by atoms with van der Waals surface area (Å²) in [6.45, 7) is 10.6. The van der Waals surface area contributed by atoms with Gasteiger partial charge in [-0.1, -0.05) is 0 Å². The van der Waals surface area contributed by atoms with Crippen molar-refractivity contribution in [1.29, 1.82) is 0 Å². The van der Waals surface area contributed by atoms with Crippen LogP contribution < -0.4 is 19.9 Å². The molecule has 3 N–H and O–H groups in total. The van der Waals surface area contributed by atoms with Crippen molar-refractivity contribution < 1.29 is 19.3 Å². The van der Waals surface area contributed by atoms with Gasteiger partial charge in [0.05, 0.1) is 23.7 Å². The molecular weight excluding hydrogens is 354 g/mol. The zero-order valence-corrected chi connectivity index (χ0v) is 17.1. The Morgan fingerprint density at radius 2 is 1.96 bits per heavy atom. The molecule has 150 valence electrons. The molecule has 1 amide bonds. The van der Waals surface area contributed by atoms with Gasteiger partial charge >= 0.3 is 0 Å². The van der Waals surface area contributed by atoms with Gasteiger partial charge in [-0.2, -0.15) is 5.10 Å². The lowest BCUT2D eigenvalue weighted by molar-refractivity contribution is -1.02. The number of rotatable bonds is 5. The number of carbonyl (C=O) groups excluding carboxylic acids is 1. The van der Waals surface area contributed by atoms with Crippen LogP contribution in [0.25, 0.3) is 0 Å². The van der Waals surface area contributed by atoms with Gasteiger partial charge in [0.1, 0.15) is 38.5 Å². The van der Waals surface area contributed by atoms with E-state index in [2.05, 4.69) is 28.6 Å². The third kappa shape index (κ3) is 4.05. The number of aromatic nitrogens is 2. The Bertz CT molecular complexity index is 868. The molecule has 0 bridgehead atoms. The van der Waals surface area contributed by atoms with E-state index in [1.165, 1.54) is 16.0 Å². The predicted octanol–water partition coefficient (Wildman–Crippen LogP) is -1.11. The van der Waals surface area contributed by atoms with Crippen LogP contribution in [0, 0.1) is 13.8 Å². The highest BCUT2D eigenvalue weighted by Gasteiger charge is 2.26. The lowest BCUT2D eigenvalue weighted by atomic mass is 10.1. The molecule has 2 aliphatic rings. The largest absolute Gasteiger partial charge is 0.493 e. The Kier molecular flexibility index (Phi) is 5.37. The maximum Gasteiger partial charge on any atom is 0.279 e. The molecule has 0 saturated carbocycles. The van der Waals surface area contributed by atoms with Crippen LogP contribution in [-0.2, 0) is 24.8 Å². The Morgan fingerprint density at radius 1 is 1.21 bits per heavy atom. The summed E-state index contributed by atoms with van der Waals surface area (Å²) in [5, 5.41) is 7.43. The maximum atomic E-state index is 12.5. The zero-order chi connectivity index (χ0) is 19.7. The molecule has 2 aromatic rings. The lowest BCUT2D eigenvalue weighted by Gasteiger charge is -2.29. The van der Waals surface area contributed by atoms with Crippen LogP contribution in [0.2, 0.25) is 0 Å². The number of piperazine rings is 1. The highest BCUT2D eigenvalue weighted by Crippen LogP contribution is 2.25. The van der Waals surface area contributed by atoms with E-state index in [0.29, 0.717) is 6.54 Å². The number of benzene rings is 1. The average molecular weight is 386 g/mol. The summed E-state index contributed by atoms with van der Waals surface area (Å²) in [6.07, 6.45) is 1.03. The summed E-state index contributed by atoms with van der Waals surface area (Å²) in [5.74, 6) is 1.13. The lowest BCUT2D eigenvalue weighted by Crippen LogP contribution is -3.28. The van der Waals surface area contributed by atoms with E-state index in [1.54, 1.807) is 4.90 Å². The van der Waals surface area contributed by atoms with E-state index in [4.69, 9.17) is 4.74 Å². The van der Waals surface area contributed by atoms with Crippen LogP contribution in [0.5, 0.6) is 5.75 Å². The number of fused-ring (bicyclic) bond motifs is 1. The van der Waals surface area contributed by atoms with Crippen molar-refractivity contribution in [1.82, 2.24) is 9.78 Å². The minimum Gasteiger partial charge on any atom is -0.493 e. The topological polar surface area (TPSA) is 65.0 Å². The van der Waals surface area contributed by atoms with Gasteiger partial charge in [-0.25, -0.2) is 0 Å². The molecule has 2 aliphatic heterocycles. The highest BCUT2D eigenvalue weighted by molar-refractivity contribution is 5.92. The summed E-state index contributed by atoms with van der Waals surface area (Å²) in [7, 11) is 1.90. The number of amides is 1. The quantitative estimate of drug-likeness (QED) is 0.612. The molecule has 7 heteroatoms. The normalized spacial score (nSPS) is 21.2. The Morgan fingerprint density at radius 3 is 2.68 bits per heavy atom. The molecule has 0 unspecified atom stereocenters. The van der Waals surface area contributed by atoms with Crippen LogP contribution in [0.15, 0.2) is 18.2 Å². The van der Waals surface area contributed by atoms with E-state index in [0.717, 1.165) is 68.6 Å². The van der Waals surface area contributed by atoms with Crippen LogP contribution in [0.4, 0.5) is 5.69 Å². The van der Waals surface area contributed by atoms with Gasteiger partial charge in [0.2, 0.25) is 0 Å². The van der Waals surface area contributed by atoms with Gasteiger partial charge in [-0.05, 0) is 37.6 Å². The SMILES string of the molecule is Cc1nn(C)c(C)c1NC(=O)C[NH+]1CC[NH+](Cc2ccc3c(c2)CCO3)CC1. The fourth-order valence-corrected chi connectivity index (χ4v) is 4.31.